The Kier molecular flexibility index (Phi) is 5.49. The van der Waals surface area contributed by atoms with E-state index >= 15 is 0 Å². The molecule has 6 rings (SSSR count). The summed E-state index contributed by atoms with van der Waals surface area (Å²) in [5, 5.41) is 11.4. The van der Waals surface area contributed by atoms with Gasteiger partial charge in [-0.3, -0.25) is 14.9 Å². The van der Waals surface area contributed by atoms with Gasteiger partial charge in [-0.25, -0.2) is 9.37 Å². The maximum Gasteiger partial charge on any atom is 0.226 e. The number of hydrogen-bond acceptors (Lipinski definition) is 4. The smallest absolute Gasteiger partial charge is 0.226 e. The van der Waals surface area contributed by atoms with Crippen molar-refractivity contribution in [1.29, 1.82) is 0 Å². The fourth-order valence-electron chi connectivity index (χ4n) is 4.38. The molecule has 0 aliphatic carbocycles. The van der Waals surface area contributed by atoms with Crippen LogP contribution in [0.15, 0.2) is 79.1 Å². The zero-order valence-electron chi connectivity index (χ0n) is 20.2. The Balaban J connectivity index is 1.42. The molecular formula is C29H23FN6O. The molecule has 1 amide bonds. The van der Waals surface area contributed by atoms with Crippen molar-refractivity contribution in [3.63, 3.8) is 0 Å². The van der Waals surface area contributed by atoms with Gasteiger partial charge in [-0.05, 0) is 42.0 Å². The van der Waals surface area contributed by atoms with Crippen LogP contribution in [0.25, 0.3) is 55.7 Å². The van der Waals surface area contributed by atoms with E-state index in [2.05, 4.69) is 25.5 Å². The first kappa shape index (κ1) is 22.6. The van der Waals surface area contributed by atoms with Crippen LogP contribution < -0.4 is 5.32 Å². The van der Waals surface area contributed by atoms with Gasteiger partial charge in [-0.2, -0.15) is 5.10 Å². The molecule has 0 fully saturated rings. The van der Waals surface area contributed by atoms with Gasteiger partial charge in [-0.1, -0.05) is 44.2 Å². The second-order valence-electron chi connectivity index (χ2n) is 9.20. The lowest BCUT2D eigenvalue weighted by atomic mass is 10.0. The minimum atomic E-state index is -0.269. The lowest BCUT2D eigenvalue weighted by Crippen LogP contribution is -2.17. The molecule has 0 unspecified atom stereocenters. The van der Waals surface area contributed by atoms with E-state index < -0.39 is 0 Å². The standard InChI is InChI=1S/C29H23FN6O/c1-16(2)29(37)32-18-12-17(14-31-15-18)23-10-11-25-27(34-23)28(36-35-25)26-13-21-19(7-5-9-24(21)33-26)20-6-3-4-8-22(20)30/h3-16,33H,1-2H3,(H,32,37)(H,35,36). The number of aromatic nitrogens is 5. The van der Waals surface area contributed by atoms with Crippen molar-refractivity contribution in [2.75, 3.05) is 5.32 Å². The van der Waals surface area contributed by atoms with E-state index in [1.165, 1.54) is 6.07 Å². The number of anilines is 1. The van der Waals surface area contributed by atoms with Gasteiger partial charge in [0.2, 0.25) is 5.91 Å². The van der Waals surface area contributed by atoms with E-state index in [0.717, 1.165) is 33.2 Å². The van der Waals surface area contributed by atoms with Crippen molar-refractivity contribution in [3.8, 4) is 33.8 Å². The fraction of sp³-hybridized carbons (Fsp3) is 0.103. The molecule has 7 nitrogen and oxygen atoms in total. The predicted molar refractivity (Wildman–Crippen MR) is 143 cm³/mol. The highest BCUT2D eigenvalue weighted by Gasteiger charge is 2.17. The molecule has 0 saturated carbocycles. The summed E-state index contributed by atoms with van der Waals surface area (Å²) < 4.78 is 14.6. The summed E-state index contributed by atoms with van der Waals surface area (Å²) in [7, 11) is 0. The number of aromatic amines is 2. The lowest BCUT2D eigenvalue weighted by Gasteiger charge is -2.08. The summed E-state index contributed by atoms with van der Waals surface area (Å²) in [6, 6.07) is 20.2. The maximum atomic E-state index is 14.6. The molecular weight excluding hydrogens is 467 g/mol. The third-order valence-electron chi connectivity index (χ3n) is 6.32. The van der Waals surface area contributed by atoms with E-state index in [1.807, 2.05) is 62.4 Å². The van der Waals surface area contributed by atoms with Crippen molar-refractivity contribution in [1.82, 2.24) is 25.1 Å². The van der Waals surface area contributed by atoms with Gasteiger partial charge < -0.3 is 10.3 Å². The molecule has 0 spiro atoms. The molecule has 3 N–H and O–H groups in total. The first-order valence-corrected chi connectivity index (χ1v) is 12.0. The Morgan fingerprint density at radius 2 is 1.78 bits per heavy atom. The maximum absolute atomic E-state index is 14.6. The van der Waals surface area contributed by atoms with Crippen molar-refractivity contribution >= 4 is 33.5 Å². The van der Waals surface area contributed by atoms with Crippen molar-refractivity contribution < 1.29 is 9.18 Å². The minimum absolute atomic E-state index is 0.0759. The number of carbonyl (C=O) groups excluding carboxylic acids is 1. The number of fused-ring (bicyclic) bond motifs is 2. The normalized spacial score (nSPS) is 11.5. The summed E-state index contributed by atoms with van der Waals surface area (Å²) in [6.45, 7) is 3.68. The monoisotopic (exact) mass is 490 g/mol. The van der Waals surface area contributed by atoms with Crippen LogP contribution in [0.1, 0.15) is 13.8 Å². The Hall–Kier alpha value is -4.85. The highest BCUT2D eigenvalue weighted by atomic mass is 19.1. The molecule has 4 heterocycles. The second-order valence-corrected chi connectivity index (χ2v) is 9.20. The number of pyridine rings is 2. The number of nitrogens with one attached hydrogen (secondary N) is 3. The summed E-state index contributed by atoms with van der Waals surface area (Å²) in [5.74, 6) is -0.482. The SMILES string of the molecule is CC(C)C(=O)Nc1cncc(-c2ccc3[nH]nc(-c4cc5c(-c6ccccc6F)cccc5[nH]4)c3n2)c1. The van der Waals surface area contributed by atoms with Crippen LogP contribution in [-0.4, -0.2) is 31.1 Å². The Morgan fingerprint density at radius 3 is 2.62 bits per heavy atom. The molecule has 0 atom stereocenters. The number of hydrogen-bond donors (Lipinski definition) is 3. The van der Waals surface area contributed by atoms with Gasteiger partial charge in [0.1, 0.15) is 17.0 Å². The van der Waals surface area contributed by atoms with Crippen LogP contribution in [0, 0.1) is 11.7 Å². The largest absolute Gasteiger partial charge is 0.353 e. The number of nitrogens with zero attached hydrogens (tertiary/aromatic N) is 3. The third kappa shape index (κ3) is 4.12. The molecule has 6 aromatic rings. The second kappa shape index (κ2) is 8.98. The van der Waals surface area contributed by atoms with Gasteiger partial charge in [0, 0.05) is 34.1 Å². The van der Waals surface area contributed by atoms with E-state index in [0.29, 0.717) is 28.2 Å². The molecule has 0 bridgehead atoms. The number of benzene rings is 2. The predicted octanol–water partition coefficient (Wildman–Crippen LogP) is 6.57. The van der Waals surface area contributed by atoms with E-state index in [9.17, 15) is 9.18 Å². The van der Waals surface area contributed by atoms with Crippen molar-refractivity contribution in [3.05, 3.63) is 84.9 Å². The summed E-state index contributed by atoms with van der Waals surface area (Å²) >= 11 is 0. The van der Waals surface area contributed by atoms with Crippen LogP contribution >= 0.6 is 0 Å². The van der Waals surface area contributed by atoms with Gasteiger partial charge in [0.05, 0.1) is 28.8 Å². The highest BCUT2D eigenvalue weighted by Crippen LogP contribution is 2.35. The molecule has 2 aromatic carbocycles. The van der Waals surface area contributed by atoms with E-state index in [4.69, 9.17) is 4.98 Å². The van der Waals surface area contributed by atoms with E-state index in [-0.39, 0.29) is 17.6 Å². The molecule has 37 heavy (non-hydrogen) atoms. The average molecular weight is 491 g/mol. The first-order chi connectivity index (χ1) is 18.0. The van der Waals surface area contributed by atoms with Crippen LogP contribution in [0.5, 0.6) is 0 Å². The van der Waals surface area contributed by atoms with Gasteiger partial charge in [-0.15, -0.1) is 0 Å². The lowest BCUT2D eigenvalue weighted by molar-refractivity contribution is -0.118. The molecule has 0 aliphatic heterocycles. The topological polar surface area (TPSA) is 99.4 Å². The number of rotatable bonds is 5. The summed E-state index contributed by atoms with van der Waals surface area (Å²) in [4.78, 5) is 24.7. The molecule has 0 aliphatic rings. The average Bonchev–Trinajstić information content (AvgIpc) is 3.53. The van der Waals surface area contributed by atoms with Crippen molar-refractivity contribution in [2.45, 2.75) is 13.8 Å². The number of amides is 1. The Bertz CT molecular complexity index is 1780. The molecule has 8 heteroatoms. The number of halogens is 1. The van der Waals surface area contributed by atoms with Crippen molar-refractivity contribution in [2.24, 2.45) is 5.92 Å². The molecule has 0 saturated heterocycles. The molecule has 4 aromatic heterocycles. The Morgan fingerprint density at radius 1 is 0.946 bits per heavy atom. The molecule has 182 valence electrons. The highest BCUT2D eigenvalue weighted by molar-refractivity contribution is 6.00. The minimum Gasteiger partial charge on any atom is -0.353 e. The summed E-state index contributed by atoms with van der Waals surface area (Å²) in [5.41, 5.74) is 7.21. The fourth-order valence-corrected chi connectivity index (χ4v) is 4.38. The van der Waals surface area contributed by atoms with Gasteiger partial charge in [0.25, 0.3) is 0 Å². The van der Waals surface area contributed by atoms with Crippen LogP contribution in [0.4, 0.5) is 10.1 Å². The van der Waals surface area contributed by atoms with E-state index in [1.54, 1.807) is 24.5 Å². The quantitative estimate of drug-likeness (QED) is 0.254. The third-order valence-corrected chi connectivity index (χ3v) is 6.32. The number of carbonyl (C=O) groups is 1. The summed E-state index contributed by atoms with van der Waals surface area (Å²) in [6.07, 6.45) is 3.33. The molecule has 0 radical (unpaired) electrons. The van der Waals surface area contributed by atoms with Crippen LogP contribution in [-0.2, 0) is 4.79 Å². The van der Waals surface area contributed by atoms with Crippen LogP contribution in [0.3, 0.4) is 0 Å². The number of H-pyrrole nitrogens is 2. The van der Waals surface area contributed by atoms with Gasteiger partial charge in [0.15, 0.2) is 0 Å². The zero-order valence-corrected chi connectivity index (χ0v) is 20.2. The Labute approximate surface area is 211 Å². The van der Waals surface area contributed by atoms with Crippen LogP contribution in [0.2, 0.25) is 0 Å². The van der Waals surface area contributed by atoms with Gasteiger partial charge >= 0.3 is 0 Å². The first-order valence-electron chi connectivity index (χ1n) is 12.0. The zero-order chi connectivity index (χ0) is 25.5.